The van der Waals surface area contributed by atoms with Gasteiger partial charge < -0.3 is 36.9 Å². The van der Waals surface area contributed by atoms with E-state index in [1.807, 2.05) is 24.3 Å². The van der Waals surface area contributed by atoms with Crippen molar-refractivity contribution in [2.75, 3.05) is 13.1 Å². The number of rotatable bonds is 11. The standard InChI is InChI=1S/C19H23N5O7/c20-12(6-16(26)27)18(30)24-14(19(31)23-8-15(25)22-9-17(28)29)5-10-7-21-13-4-2-1-3-11(10)13/h1-4,7,12,14,21H,5-6,8-9,20H2,(H,22,25)(H,23,31)(H,24,30)(H,26,27)(H,28,29). The van der Waals surface area contributed by atoms with Gasteiger partial charge in [0.15, 0.2) is 0 Å². The summed E-state index contributed by atoms with van der Waals surface area (Å²) in [4.78, 5) is 60.9. The molecule has 31 heavy (non-hydrogen) atoms. The Morgan fingerprint density at radius 3 is 2.35 bits per heavy atom. The summed E-state index contributed by atoms with van der Waals surface area (Å²) in [5.74, 6) is -4.79. The van der Waals surface area contributed by atoms with Gasteiger partial charge in [-0.1, -0.05) is 18.2 Å². The van der Waals surface area contributed by atoms with E-state index in [9.17, 15) is 24.0 Å². The van der Waals surface area contributed by atoms with E-state index >= 15 is 0 Å². The fraction of sp³-hybridized carbons (Fsp3) is 0.316. The summed E-state index contributed by atoms with van der Waals surface area (Å²) in [6, 6.07) is 4.78. The number of carbonyl (C=O) groups is 5. The number of hydrogen-bond donors (Lipinski definition) is 7. The minimum atomic E-state index is -1.37. The fourth-order valence-electron chi connectivity index (χ4n) is 2.82. The number of aromatic nitrogens is 1. The molecule has 2 rings (SSSR count). The minimum absolute atomic E-state index is 0.0398. The van der Waals surface area contributed by atoms with Crippen molar-refractivity contribution in [2.24, 2.45) is 5.73 Å². The maximum absolute atomic E-state index is 12.6. The molecular weight excluding hydrogens is 410 g/mol. The Labute approximate surface area is 176 Å². The van der Waals surface area contributed by atoms with Crippen LogP contribution in [0.1, 0.15) is 12.0 Å². The van der Waals surface area contributed by atoms with Crippen molar-refractivity contribution in [3.8, 4) is 0 Å². The number of carbonyl (C=O) groups excluding carboxylic acids is 3. The number of aliphatic carboxylic acids is 2. The topological polar surface area (TPSA) is 204 Å². The molecule has 2 atom stereocenters. The molecule has 0 fully saturated rings. The van der Waals surface area contributed by atoms with Gasteiger partial charge in [-0.05, 0) is 11.6 Å². The van der Waals surface area contributed by atoms with E-state index in [-0.39, 0.29) is 6.42 Å². The van der Waals surface area contributed by atoms with Gasteiger partial charge in [0.25, 0.3) is 0 Å². The average molecular weight is 433 g/mol. The Morgan fingerprint density at radius 2 is 1.68 bits per heavy atom. The summed E-state index contributed by atoms with van der Waals surface area (Å²) in [5.41, 5.74) is 7.09. The largest absolute Gasteiger partial charge is 0.481 e. The normalized spacial score (nSPS) is 12.5. The van der Waals surface area contributed by atoms with Crippen LogP contribution < -0.4 is 21.7 Å². The molecule has 0 spiro atoms. The van der Waals surface area contributed by atoms with Crippen LogP contribution in [0.25, 0.3) is 10.9 Å². The fourth-order valence-corrected chi connectivity index (χ4v) is 2.82. The minimum Gasteiger partial charge on any atom is -0.481 e. The molecule has 1 aromatic carbocycles. The first-order chi connectivity index (χ1) is 14.7. The zero-order valence-corrected chi connectivity index (χ0v) is 16.4. The molecule has 1 heterocycles. The van der Waals surface area contributed by atoms with Crippen LogP contribution in [0.15, 0.2) is 30.5 Å². The lowest BCUT2D eigenvalue weighted by Gasteiger charge is -2.20. The van der Waals surface area contributed by atoms with E-state index in [1.54, 1.807) is 6.20 Å². The summed E-state index contributed by atoms with van der Waals surface area (Å²) in [7, 11) is 0. The van der Waals surface area contributed by atoms with Crippen LogP contribution in [0.5, 0.6) is 0 Å². The molecule has 12 nitrogen and oxygen atoms in total. The molecule has 166 valence electrons. The molecule has 0 saturated carbocycles. The third-order valence-corrected chi connectivity index (χ3v) is 4.32. The van der Waals surface area contributed by atoms with Crippen molar-refractivity contribution in [3.05, 3.63) is 36.0 Å². The van der Waals surface area contributed by atoms with Gasteiger partial charge in [-0.2, -0.15) is 0 Å². The number of carboxylic acid groups (broad SMARTS) is 2. The molecule has 1 aromatic heterocycles. The van der Waals surface area contributed by atoms with Gasteiger partial charge in [-0.15, -0.1) is 0 Å². The first-order valence-corrected chi connectivity index (χ1v) is 9.26. The molecule has 3 amide bonds. The molecule has 0 aliphatic heterocycles. The van der Waals surface area contributed by atoms with Crippen molar-refractivity contribution in [2.45, 2.75) is 24.9 Å². The molecule has 0 saturated heterocycles. The Morgan fingerprint density at radius 1 is 0.968 bits per heavy atom. The maximum atomic E-state index is 12.6. The molecule has 2 unspecified atom stereocenters. The van der Waals surface area contributed by atoms with Crippen molar-refractivity contribution in [1.82, 2.24) is 20.9 Å². The maximum Gasteiger partial charge on any atom is 0.322 e. The third kappa shape index (κ3) is 7.12. The number of para-hydroxylation sites is 1. The SMILES string of the molecule is NC(CC(=O)O)C(=O)NC(Cc1c[nH]c2ccccc12)C(=O)NCC(=O)NCC(=O)O. The highest BCUT2D eigenvalue weighted by Gasteiger charge is 2.26. The molecular formula is C19H23N5O7. The lowest BCUT2D eigenvalue weighted by molar-refractivity contribution is -0.139. The van der Waals surface area contributed by atoms with E-state index in [2.05, 4.69) is 20.9 Å². The van der Waals surface area contributed by atoms with E-state index < -0.39 is 61.3 Å². The highest BCUT2D eigenvalue weighted by atomic mass is 16.4. The summed E-state index contributed by atoms with van der Waals surface area (Å²) in [6.45, 7) is -1.11. The number of benzene rings is 1. The van der Waals surface area contributed by atoms with Crippen molar-refractivity contribution < 1.29 is 34.2 Å². The van der Waals surface area contributed by atoms with Crippen LogP contribution in [0.2, 0.25) is 0 Å². The second kappa shape index (κ2) is 10.7. The Balaban J connectivity index is 2.11. The van der Waals surface area contributed by atoms with Gasteiger partial charge in [0.1, 0.15) is 12.6 Å². The number of hydrogen-bond acceptors (Lipinski definition) is 6. The van der Waals surface area contributed by atoms with Crippen LogP contribution in [-0.2, 0) is 30.4 Å². The van der Waals surface area contributed by atoms with Crippen LogP contribution in [0.3, 0.4) is 0 Å². The van der Waals surface area contributed by atoms with Gasteiger partial charge in [0.2, 0.25) is 17.7 Å². The van der Waals surface area contributed by atoms with Gasteiger partial charge >= 0.3 is 11.9 Å². The Kier molecular flexibility index (Phi) is 8.09. The first kappa shape index (κ1) is 23.3. The predicted octanol–water partition coefficient (Wildman–Crippen LogP) is -1.69. The Hall–Kier alpha value is -3.93. The number of nitrogens with one attached hydrogen (secondary N) is 4. The second-order valence-corrected chi connectivity index (χ2v) is 6.72. The summed E-state index contributed by atoms with van der Waals surface area (Å²) >= 11 is 0. The van der Waals surface area contributed by atoms with Crippen LogP contribution in [-0.4, -0.2) is 70.0 Å². The van der Waals surface area contributed by atoms with Crippen LogP contribution in [0.4, 0.5) is 0 Å². The zero-order chi connectivity index (χ0) is 23.0. The van der Waals surface area contributed by atoms with Crippen molar-refractivity contribution in [3.63, 3.8) is 0 Å². The predicted molar refractivity (Wildman–Crippen MR) is 108 cm³/mol. The highest BCUT2D eigenvalue weighted by molar-refractivity contribution is 5.94. The van der Waals surface area contributed by atoms with Gasteiger partial charge in [0.05, 0.1) is 19.0 Å². The smallest absolute Gasteiger partial charge is 0.322 e. The van der Waals surface area contributed by atoms with Crippen molar-refractivity contribution >= 4 is 40.6 Å². The molecule has 0 aliphatic rings. The van der Waals surface area contributed by atoms with Crippen LogP contribution >= 0.6 is 0 Å². The molecule has 0 aliphatic carbocycles. The number of H-pyrrole nitrogens is 1. The zero-order valence-electron chi connectivity index (χ0n) is 16.4. The van der Waals surface area contributed by atoms with E-state index in [1.165, 1.54) is 0 Å². The number of aromatic amines is 1. The van der Waals surface area contributed by atoms with Gasteiger partial charge in [-0.3, -0.25) is 24.0 Å². The third-order valence-electron chi connectivity index (χ3n) is 4.32. The monoisotopic (exact) mass is 433 g/mol. The lowest BCUT2D eigenvalue weighted by Crippen LogP contribution is -2.54. The first-order valence-electron chi connectivity index (χ1n) is 9.26. The quantitative estimate of drug-likeness (QED) is 0.217. The van der Waals surface area contributed by atoms with Gasteiger partial charge in [-0.25, -0.2) is 0 Å². The van der Waals surface area contributed by atoms with Gasteiger partial charge in [0, 0.05) is 23.5 Å². The molecule has 0 bridgehead atoms. The van der Waals surface area contributed by atoms with E-state index in [0.29, 0.717) is 5.56 Å². The van der Waals surface area contributed by atoms with Crippen LogP contribution in [0, 0.1) is 0 Å². The summed E-state index contributed by atoms with van der Waals surface area (Å²) < 4.78 is 0. The number of fused-ring (bicyclic) bond motifs is 1. The van der Waals surface area contributed by atoms with E-state index in [4.69, 9.17) is 15.9 Å². The number of nitrogens with two attached hydrogens (primary N) is 1. The molecule has 0 radical (unpaired) electrons. The molecule has 12 heteroatoms. The number of amides is 3. The summed E-state index contributed by atoms with van der Waals surface area (Å²) in [5, 5.41) is 25.0. The van der Waals surface area contributed by atoms with Crippen molar-refractivity contribution in [1.29, 1.82) is 0 Å². The lowest BCUT2D eigenvalue weighted by atomic mass is 10.0. The molecule has 8 N–H and O–H groups in total. The molecule has 2 aromatic rings. The number of carboxylic acids is 2. The Bertz CT molecular complexity index is 987. The summed E-state index contributed by atoms with van der Waals surface area (Å²) in [6.07, 6.45) is 1.09. The average Bonchev–Trinajstić information content (AvgIpc) is 3.12. The highest BCUT2D eigenvalue weighted by Crippen LogP contribution is 2.19. The van der Waals surface area contributed by atoms with E-state index in [0.717, 1.165) is 10.9 Å². The second-order valence-electron chi connectivity index (χ2n) is 6.72.